The summed E-state index contributed by atoms with van der Waals surface area (Å²) in [5.41, 5.74) is 4.56. The Morgan fingerprint density at radius 2 is 2.00 bits per heavy atom. The van der Waals surface area contributed by atoms with Gasteiger partial charge in [-0.15, -0.1) is 0 Å². The molecule has 4 rings (SSSR count). The van der Waals surface area contributed by atoms with Gasteiger partial charge in [0.05, 0.1) is 0 Å². The Morgan fingerprint density at radius 3 is 2.73 bits per heavy atom. The number of thiocarbonyl (C=S) groups is 1. The summed E-state index contributed by atoms with van der Waals surface area (Å²) < 4.78 is 13.0. The van der Waals surface area contributed by atoms with Crippen LogP contribution in [0.4, 0.5) is 0 Å². The molecule has 0 atom stereocenters. The van der Waals surface area contributed by atoms with Gasteiger partial charge in [-0.2, -0.15) is 0 Å². The van der Waals surface area contributed by atoms with Gasteiger partial charge in [-0.25, -0.2) is 0 Å². The lowest BCUT2D eigenvalue weighted by atomic mass is 10.2. The molecule has 134 valence electrons. The molecule has 1 N–H and O–H groups in total. The summed E-state index contributed by atoms with van der Waals surface area (Å²) in [7, 11) is 0. The Kier molecular flexibility index (Phi) is 3.96. The van der Waals surface area contributed by atoms with Gasteiger partial charge in [0.25, 0.3) is 5.91 Å². The van der Waals surface area contributed by atoms with Gasteiger partial charge < -0.3 is 19.4 Å². The van der Waals surface area contributed by atoms with E-state index < -0.39 is 0 Å². The van der Waals surface area contributed by atoms with E-state index in [2.05, 4.69) is 16.0 Å². The van der Waals surface area contributed by atoms with Gasteiger partial charge in [0.2, 0.25) is 6.79 Å². The number of carbonyl (C=O) groups is 1. The predicted molar refractivity (Wildman–Crippen MR) is 102 cm³/mol. The molecule has 0 bridgehead atoms. The average molecular weight is 369 g/mol. The minimum atomic E-state index is -0.0922. The van der Waals surface area contributed by atoms with E-state index in [0.717, 1.165) is 34.1 Å². The number of hydrogen-bond acceptors (Lipinski definition) is 4. The molecule has 1 aromatic carbocycles. The third-order valence-electron chi connectivity index (χ3n) is 4.66. The monoisotopic (exact) mass is 369 g/mol. The molecule has 0 aliphatic carbocycles. The Labute approximate surface area is 157 Å². The number of ether oxygens (including phenoxy) is 2. The molecule has 0 saturated carbocycles. The number of benzene rings is 1. The van der Waals surface area contributed by atoms with E-state index in [1.54, 1.807) is 4.90 Å². The van der Waals surface area contributed by atoms with Gasteiger partial charge in [0, 0.05) is 29.7 Å². The van der Waals surface area contributed by atoms with Crippen molar-refractivity contribution in [1.29, 1.82) is 0 Å². The Balaban J connectivity index is 1.73. The van der Waals surface area contributed by atoms with E-state index in [4.69, 9.17) is 21.7 Å². The first-order valence-electron chi connectivity index (χ1n) is 8.43. The lowest BCUT2D eigenvalue weighted by Crippen LogP contribution is -2.30. The molecule has 2 aromatic rings. The van der Waals surface area contributed by atoms with Crippen molar-refractivity contribution in [3.63, 3.8) is 0 Å². The molecule has 1 aromatic heterocycles. The fraction of sp³-hybridized carbons (Fsp3) is 0.263. The van der Waals surface area contributed by atoms with Crippen LogP contribution in [0.2, 0.25) is 0 Å². The number of nitrogens with one attached hydrogen (secondary N) is 1. The highest BCUT2D eigenvalue weighted by Gasteiger charge is 2.29. The van der Waals surface area contributed by atoms with Gasteiger partial charge in [0.15, 0.2) is 16.6 Å². The summed E-state index contributed by atoms with van der Waals surface area (Å²) in [5, 5.41) is 3.46. The average Bonchev–Trinajstić information content (AvgIpc) is 3.25. The molecular formula is C19H19N3O3S. The van der Waals surface area contributed by atoms with Crippen LogP contribution in [0.15, 0.2) is 30.0 Å². The zero-order chi connectivity index (χ0) is 18.4. The number of nitrogens with zero attached hydrogens (tertiary/aromatic N) is 2. The van der Waals surface area contributed by atoms with Crippen molar-refractivity contribution in [1.82, 2.24) is 14.8 Å². The second kappa shape index (κ2) is 6.17. The second-order valence-corrected chi connectivity index (χ2v) is 6.62. The highest BCUT2D eigenvalue weighted by atomic mass is 32.1. The van der Waals surface area contributed by atoms with Crippen molar-refractivity contribution in [2.45, 2.75) is 20.8 Å². The third kappa shape index (κ3) is 2.55. The minimum Gasteiger partial charge on any atom is -0.454 e. The normalized spacial score (nSPS) is 17.3. The van der Waals surface area contributed by atoms with E-state index in [0.29, 0.717) is 17.4 Å². The van der Waals surface area contributed by atoms with Crippen molar-refractivity contribution < 1.29 is 14.3 Å². The summed E-state index contributed by atoms with van der Waals surface area (Å²) >= 11 is 5.22. The SMILES string of the molecule is CCN1C(=O)/C(=C/c2cc(C)n(-c3ccc4c(c3)OCO4)c2C)NC1=S. The quantitative estimate of drug-likeness (QED) is 0.666. The van der Waals surface area contributed by atoms with Crippen molar-refractivity contribution in [3.8, 4) is 17.2 Å². The van der Waals surface area contributed by atoms with Crippen molar-refractivity contribution in [2.75, 3.05) is 13.3 Å². The topological polar surface area (TPSA) is 55.7 Å². The number of likely N-dealkylation sites (N-methyl/N-ethyl adjacent to an activating group) is 1. The number of carbonyl (C=O) groups excluding carboxylic acids is 1. The Morgan fingerprint density at radius 1 is 1.23 bits per heavy atom. The van der Waals surface area contributed by atoms with Gasteiger partial charge in [-0.3, -0.25) is 9.69 Å². The van der Waals surface area contributed by atoms with Crippen LogP contribution in [0.1, 0.15) is 23.9 Å². The molecule has 0 unspecified atom stereocenters. The van der Waals surface area contributed by atoms with E-state index >= 15 is 0 Å². The highest BCUT2D eigenvalue weighted by molar-refractivity contribution is 7.80. The lowest BCUT2D eigenvalue weighted by molar-refractivity contribution is -0.122. The summed E-state index contributed by atoms with van der Waals surface area (Å²) in [4.78, 5) is 14.0. The minimum absolute atomic E-state index is 0.0922. The van der Waals surface area contributed by atoms with Crippen molar-refractivity contribution in [2.24, 2.45) is 0 Å². The van der Waals surface area contributed by atoms with Gasteiger partial charge in [0.1, 0.15) is 5.70 Å². The number of hydrogen-bond donors (Lipinski definition) is 1. The lowest BCUT2D eigenvalue weighted by Gasteiger charge is -2.10. The van der Waals surface area contributed by atoms with Crippen molar-refractivity contribution in [3.05, 3.63) is 46.9 Å². The summed E-state index contributed by atoms with van der Waals surface area (Å²) in [6.45, 7) is 6.77. The molecule has 0 radical (unpaired) electrons. The van der Waals surface area contributed by atoms with Crippen LogP contribution >= 0.6 is 12.2 Å². The number of rotatable bonds is 3. The maximum atomic E-state index is 12.4. The van der Waals surface area contributed by atoms with Crippen LogP contribution in [0.25, 0.3) is 11.8 Å². The summed E-state index contributed by atoms with van der Waals surface area (Å²) in [6.07, 6.45) is 1.86. The molecule has 2 aliphatic heterocycles. The molecule has 7 heteroatoms. The maximum absolute atomic E-state index is 12.4. The maximum Gasteiger partial charge on any atom is 0.276 e. The molecular weight excluding hydrogens is 350 g/mol. The van der Waals surface area contributed by atoms with Crippen LogP contribution in [-0.4, -0.2) is 33.8 Å². The van der Waals surface area contributed by atoms with Crippen LogP contribution in [0, 0.1) is 13.8 Å². The van der Waals surface area contributed by atoms with Crippen LogP contribution in [0.3, 0.4) is 0 Å². The van der Waals surface area contributed by atoms with Crippen molar-refractivity contribution >= 4 is 29.3 Å². The molecule has 1 fully saturated rings. The Bertz CT molecular complexity index is 961. The zero-order valence-electron chi connectivity index (χ0n) is 14.8. The largest absolute Gasteiger partial charge is 0.454 e. The highest BCUT2D eigenvalue weighted by Crippen LogP contribution is 2.35. The summed E-state index contributed by atoms with van der Waals surface area (Å²) in [5.74, 6) is 1.41. The first-order valence-corrected chi connectivity index (χ1v) is 8.84. The van der Waals surface area contributed by atoms with Crippen LogP contribution in [-0.2, 0) is 4.79 Å². The van der Waals surface area contributed by atoms with Crippen LogP contribution < -0.4 is 14.8 Å². The number of aromatic nitrogens is 1. The first-order chi connectivity index (χ1) is 12.5. The second-order valence-electron chi connectivity index (χ2n) is 6.24. The smallest absolute Gasteiger partial charge is 0.276 e. The standard InChI is InChI=1S/C19H19N3O3S/c1-4-21-18(23)15(20-19(21)26)8-13-7-11(2)22(12(13)3)14-5-6-16-17(9-14)25-10-24-16/h5-9H,4,10H2,1-3H3,(H,20,26)/b15-8-. The third-order valence-corrected chi connectivity index (χ3v) is 4.99. The fourth-order valence-corrected chi connectivity index (χ4v) is 3.69. The number of aryl methyl sites for hydroxylation is 1. The fourth-order valence-electron chi connectivity index (χ4n) is 3.37. The molecule has 2 aliphatic rings. The summed E-state index contributed by atoms with van der Waals surface area (Å²) in [6, 6.07) is 7.93. The zero-order valence-corrected chi connectivity index (χ0v) is 15.6. The van der Waals surface area contributed by atoms with E-state index in [1.807, 2.05) is 45.0 Å². The molecule has 1 saturated heterocycles. The molecule has 0 spiro atoms. The predicted octanol–water partition coefficient (Wildman–Crippen LogP) is 2.90. The number of fused-ring (bicyclic) bond motifs is 1. The van der Waals surface area contributed by atoms with Gasteiger partial charge >= 0.3 is 0 Å². The van der Waals surface area contributed by atoms with Gasteiger partial charge in [-0.05, 0) is 62.8 Å². The van der Waals surface area contributed by atoms with Crippen LogP contribution in [0.5, 0.6) is 11.5 Å². The molecule has 26 heavy (non-hydrogen) atoms. The van der Waals surface area contributed by atoms with E-state index in [-0.39, 0.29) is 12.7 Å². The van der Waals surface area contributed by atoms with E-state index in [9.17, 15) is 4.79 Å². The molecule has 3 heterocycles. The molecule has 1 amide bonds. The van der Waals surface area contributed by atoms with Gasteiger partial charge in [-0.1, -0.05) is 0 Å². The number of amides is 1. The Hall–Kier alpha value is -2.80. The van der Waals surface area contributed by atoms with E-state index in [1.165, 1.54) is 0 Å². The first kappa shape index (κ1) is 16.7. The molecule has 6 nitrogen and oxygen atoms in total.